The highest BCUT2D eigenvalue weighted by atomic mass is 19.1. The smallest absolute Gasteiger partial charge is 0.251 e. The van der Waals surface area contributed by atoms with Gasteiger partial charge in [-0.15, -0.1) is 0 Å². The largest absolute Gasteiger partial charge is 0.457 e. The minimum atomic E-state index is -0.344. The van der Waals surface area contributed by atoms with Crippen molar-refractivity contribution < 1.29 is 13.9 Å². The van der Waals surface area contributed by atoms with Gasteiger partial charge in [-0.3, -0.25) is 4.79 Å². The SMILES string of the molecule is O=C(NC1CC2CC1CN2)c1ccc(Oc2cccc(F)c2)cc1. The molecule has 2 fully saturated rings. The summed E-state index contributed by atoms with van der Waals surface area (Å²) in [7, 11) is 0. The summed E-state index contributed by atoms with van der Waals surface area (Å²) in [4.78, 5) is 12.4. The van der Waals surface area contributed by atoms with Gasteiger partial charge in [-0.05, 0) is 55.2 Å². The van der Waals surface area contributed by atoms with E-state index in [1.165, 1.54) is 12.1 Å². The summed E-state index contributed by atoms with van der Waals surface area (Å²) in [6.07, 6.45) is 2.17. The maximum atomic E-state index is 13.2. The van der Waals surface area contributed by atoms with E-state index in [9.17, 15) is 9.18 Å². The van der Waals surface area contributed by atoms with Crippen LogP contribution in [0.1, 0.15) is 23.2 Å². The number of benzene rings is 2. The third-order valence-electron chi connectivity index (χ3n) is 4.83. The molecule has 3 unspecified atom stereocenters. The topological polar surface area (TPSA) is 50.4 Å². The number of piperidine rings is 1. The molecule has 1 amide bonds. The molecule has 1 saturated heterocycles. The summed E-state index contributed by atoms with van der Waals surface area (Å²) in [5.74, 6) is 1.16. The normalized spacial score (nSPS) is 24.8. The standard InChI is InChI=1S/C19H19FN2O2/c20-14-2-1-3-17(9-14)24-16-6-4-12(5-7-16)19(23)22-18-10-15-8-13(18)11-21-15/h1-7,9,13,15,18,21H,8,10-11H2,(H,22,23). The van der Waals surface area contributed by atoms with E-state index in [2.05, 4.69) is 10.6 Å². The molecule has 0 radical (unpaired) electrons. The summed E-state index contributed by atoms with van der Waals surface area (Å²) in [6, 6.07) is 13.7. The van der Waals surface area contributed by atoms with Crippen LogP contribution in [0.5, 0.6) is 11.5 Å². The van der Waals surface area contributed by atoms with Crippen molar-refractivity contribution >= 4 is 5.91 Å². The number of halogens is 1. The van der Waals surface area contributed by atoms with Gasteiger partial charge in [0.1, 0.15) is 17.3 Å². The van der Waals surface area contributed by atoms with Crippen LogP contribution in [0.15, 0.2) is 48.5 Å². The molecule has 4 nitrogen and oxygen atoms in total. The van der Waals surface area contributed by atoms with Crippen molar-refractivity contribution in [3.05, 3.63) is 59.9 Å². The van der Waals surface area contributed by atoms with Crippen LogP contribution < -0.4 is 15.4 Å². The maximum Gasteiger partial charge on any atom is 0.251 e. The van der Waals surface area contributed by atoms with Crippen molar-refractivity contribution in [3.63, 3.8) is 0 Å². The molecule has 4 rings (SSSR count). The van der Waals surface area contributed by atoms with Gasteiger partial charge in [0.25, 0.3) is 5.91 Å². The lowest BCUT2D eigenvalue weighted by molar-refractivity contribution is 0.0925. The highest BCUT2D eigenvalue weighted by Crippen LogP contribution is 2.31. The second kappa shape index (κ2) is 6.24. The first-order chi connectivity index (χ1) is 11.7. The number of rotatable bonds is 4. The van der Waals surface area contributed by atoms with E-state index >= 15 is 0 Å². The van der Waals surface area contributed by atoms with Gasteiger partial charge in [0.15, 0.2) is 0 Å². The molecule has 2 N–H and O–H groups in total. The number of nitrogens with one attached hydrogen (secondary N) is 2. The zero-order valence-electron chi connectivity index (χ0n) is 13.2. The zero-order valence-corrected chi connectivity index (χ0v) is 13.2. The summed E-state index contributed by atoms with van der Waals surface area (Å²) < 4.78 is 18.7. The first kappa shape index (κ1) is 15.1. The molecular weight excluding hydrogens is 307 g/mol. The Bertz CT molecular complexity index is 747. The monoisotopic (exact) mass is 326 g/mol. The van der Waals surface area contributed by atoms with E-state index in [1.54, 1.807) is 36.4 Å². The van der Waals surface area contributed by atoms with Crippen LogP contribution in [0.3, 0.4) is 0 Å². The van der Waals surface area contributed by atoms with Crippen LogP contribution in [0, 0.1) is 11.7 Å². The van der Waals surface area contributed by atoms with Crippen LogP contribution >= 0.6 is 0 Å². The summed E-state index contributed by atoms with van der Waals surface area (Å²) in [6.45, 7) is 0.996. The Hall–Kier alpha value is -2.40. The van der Waals surface area contributed by atoms with Gasteiger partial charge in [-0.2, -0.15) is 0 Å². The van der Waals surface area contributed by atoms with E-state index in [0.29, 0.717) is 29.0 Å². The number of hydrogen-bond acceptors (Lipinski definition) is 3. The lowest BCUT2D eigenvalue weighted by Crippen LogP contribution is -2.44. The van der Waals surface area contributed by atoms with Gasteiger partial charge in [-0.25, -0.2) is 4.39 Å². The number of carbonyl (C=O) groups is 1. The molecular formula is C19H19FN2O2. The third-order valence-corrected chi connectivity index (χ3v) is 4.83. The van der Waals surface area contributed by atoms with Crippen molar-refractivity contribution in [1.29, 1.82) is 0 Å². The van der Waals surface area contributed by atoms with Crippen LogP contribution in [0.4, 0.5) is 4.39 Å². The quantitative estimate of drug-likeness (QED) is 0.908. The first-order valence-corrected chi connectivity index (χ1v) is 8.25. The van der Waals surface area contributed by atoms with E-state index < -0.39 is 0 Å². The Morgan fingerprint density at radius 2 is 1.96 bits per heavy atom. The summed E-state index contributed by atoms with van der Waals surface area (Å²) in [5, 5.41) is 6.57. The number of fused-ring (bicyclic) bond motifs is 2. The van der Waals surface area contributed by atoms with Gasteiger partial charge < -0.3 is 15.4 Å². The zero-order chi connectivity index (χ0) is 16.5. The van der Waals surface area contributed by atoms with Crippen LogP contribution in [0.2, 0.25) is 0 Å². The van der Waals surface area contributed by atoms with E-state index in [0.717, 1.165) is 19.4 Å². The van der Waals surface area contributed by atoms with Crippen LogP contribution in [-0.2, 0) is 0 Å². The highest BCUT2D eigenvalue weighted by Gasteiger charge is 2.39. The van der Waals surface area contributed by atoms with Gasteiger partial charge in [0.05, 0.1) is 0 Å². The number of amides is 1. The summed E-state index contributed by atoms with van der Waals surface area (Å²) in [5.41, 5.74) is 0.609. The second-order valence-corrected chi connectivity index (χ2v) is 6.50. The average Bonchev–Trinajstić information content (AvgIpc) is 3.18. The Balaban J connectivity index is 1.39. The molecule has 1 aliphatic carbocycles. The first-order valence-electron chi connectivity index (χ1n) is 8.25. The van der Waals surface area contributed by atoms with Gasteiger partial charge in [-0.1, -0.05) is 6.07 Å². The minimum Gasteiger partial charge on any atom is -0.457 e. The van der Waals surface area contributed by atoms with Crippen molar-refractivity contribution in [2.75, 3.05) is 6.54 Å². The van der Waals surface area contributed by atoms with E-state index in [1.807, 2.05) is 0 Å². The van der Waals surface area contributed by atoms with E-state index in [-0.39, 0.29) is 17.8 Å². The van der Waals surface area contributed by atoms with Crippen LogP contribution in [-0.4, -0.2) is 24.5 Å². The lowest BCUT2D eigenvalue weighted by Gasteiger charge is -2.23. The van der Waals surface area contributed by atoms with Crippen molar-refractivity contribution in [2.45, 2.75) is 24.9 Å². The molecule has 0 aromatic heterocycles. The van der Waals surface area contributed by atoms with Crippen molar-refractivity contribution in [3.8, 4) is 11.5 Å². The molecule has 2 bridgehead atoms. The highest BCUT2D eigenvalue weighted by molar-refractivity contribution is 5.94. The Kier molecular flexibility index (Phi) is 3.94. The number of ether oxygens (including phenoxy) is 1. The molecule has 5 heteroatoms. The maximum absolute atomic E-state index is 13.2. The molecule has 2 aromatic rings. The van der Waals surface area contributed by atoms with Crippen molar-refractivity contribution in [1.82, 2.24) is 10.6 Å². The second-order valence-electron chi connectivity index (χ2n) is 6.50. The molecule has 2 aromatic carbocycles. The molecule has 1 aliphatic heterocycles. The number of carbonyl (C=O) groups excluding carboxylic acids is 1. The predicted octanol–water partition coefficient (Wildman–Crippen LogP) is 3.10. The summed E-state index contributed by atoms with van der Waals surface area (Å²) >= 11 is 0. The fourth-order valence-corrected chi connectivity index (χ4v) is 3.60. The minimum absolute atomic E-state index is 0.0511. The van der Waals surface area contributed by atoms with Gasteiger partial charge in [0, 0.05) is 30.3 Å². The molecule has 1 heterocycles. The molecule has 24 heavy (non-hydrogen) atoms. The fraction of sp³-hybridized carbons (Fsp3) is 0.316. The van der Waals surface area contributed by atoms with E-state index in [4.69, 9.17) is 4.74 Å². The Morgan fingerprint density at radius 3 is 2.62 bits per heavy atom. The molecule has 0 spiro atoms. The van der Waals surface area contributed by atoms with Gasteiger partial charge >= 0.3 is 0 Å². The predicted molar refractivity (Wildman–Crippen MR) is 88.7 cm³/mol. The third kappa shape index (κ3) is 3.12. The Morgan fingerprint density at radius 1 is 1.12 bits per heavy atom. The molecule has 124 valence electrons. The molecule has 2 aliphatic rings. The molecule has 3 atom stereocenters. The average molecular weight is 326 g/mol. The number of hydrogen-bond donors (Lipinski definition) is 2. The van der Waals surface area contributed by atoms with Crippen LogP contribution in [0.25, 0.3) is 0 Å². The van der Waals surface area contributed by atoms with Gasteiger partial charge in [0.2, 0.25) is 0 Å². The van der Waals surface area contributed by atoms with Crippen molar-refractivity contribution in [2.24, 2.45) is 5.92 Å². The Labute approximate surface area is 140 Å². The molecule has 1 saturated carbocycles. The lowest BCUT2D eigenvalue weighted by atomic mass is 10.0. The fourth-order valence-electron chi connectivity index (χ4n) is 3.60.